The fourth-order valence-electron chi connectivity index (χ4n) is 1.38. The maximum absolute atomic E-state index is 10.6. The molecular formula is C9H8N2O2S. The first-order valence-corrected chi connectivity index (χ1v) is 4.89. The first kappa shape index (κ1) is 8.96. The second-order valence-electron chi connectivity index (χ2n) is 3.09. The predicted octanol–water partition coefficient (Wildman–Crippen LogP) is 2.70. The Hall–Kier alpha value is -1.62. The van der Waals surface area contributed by atoms with E-state index >= 15 is 0 Å². The Morgan fingerprint density at radius 3 is 2.86 bits per heavy atom. The number of hydrogen-bond donors (Lipinski definition) is 1. The lowest BCUT2D eigenvalue weighted by molar-refractivity contribution is -0.384. The summed E-state index contributed by atoms with van der Waals surface area (Å²) in [7, 11) is 0. The minimum Gasteiger partial charge on any atom is -0.397 e. The van der Waals surface area contributed by atoms with Crippen LogP contribution in [0.2, 0.25) is 0 Å². The van der Waals surface area contributed by atoms with Crippen molar-refractivity contribution in [3.63, 3.8) is 0 Å². The van der Waals surface area contributed by atoms with Gasteiger partial charge in [-0.25, -0.2) is 0 Å². The largest absolute Gasteiger partial charge is 0.397 e. The Kier molecular flexibility index (Phi) is 1.89. The smallest absolute Gasteiger partial charge is 0.272 e. The van der Waals surface area contributed by atoms with Crippen LogP contribution in [-0.2, 0) is 0 Å². The second kappa shape index (κ2) is 2.95. The first-order chi connectivity index (χ1) is 6.59. The van der Waals surface area contributed by atoms with Crippen molar-refractivity contribution in [3.05, 3.63) is 33.2 Å². The SMILES string of the molecule is Cc1csc2c(N)cc([N+](=O)[O-])cc12. The molecule has 2 rings (SSSR count). The number of aryl methyl sites for hydroxylation is 1. The molecule has 4 nitrogen and oxygen atoms in total. The topological polar surface area (TPSA) is 69.2 Å². The molecule has 1 heterocycles. The minimum absolute atomic E-state index is 0.0523. The van der Waals surface area contributed by atoms with Crippen LogP contribution in [0.1, 0.15) is 5.56 Å². The average Bonchev–Trinajstić information content (AvgIpc) is 2.48. The van der Waals surface area contributed by atoms with Crippen molar-refractivity contribution in [1.82, 2.24) is 0 Å². The van der Waals surface area contributed by atoms with Crippen molar-refractivity contribution in [1.29, 1.82) is 0 Å². The molecule has 1 aromatic heterocycles. The van der Waals surface area contributed by atoms with E-state index < -0.39 is 4.92 Å². The van der Waals surface area contributed by atoms with Crippen LogP contribution in [0.3, 0.4) is 0 Å². The monoisotopic (exact) mass is 208 g/mol. The number of nitro benzene ring substituents is 1. The van der Waals surface area contributed by atoms with Crippen molar-refractivity contribution in [2.75, 3.05) is 5.73 Å². The number of nitro groups is 1. The summed E-state index contributed by atoms with van der Waals surface area (Å²) in [5.41, 5.74) is 7.27. The van der Waals surface area contributed by atoms with Crippen LogP contribution in [0.15, 0.2) is 17.5 Å². The van der Waals surface area contributed by atoms with Crippen LogP contribution in [0.5, 0.6) is 0 Å². The van der Waals surface area contributed by atoms with E-state index in [0.29, 0.717) is 5.69 Å². The third-order valence-corrected chi connectivity index (χ3v) is 3.25. The van der Waals surface area contributed by atoms with E-state index in [0.717, 1.165) is 15.6 Å². The number of benzene rings is 1. The van der Waals surface area contributed by atoms with Gasteiger partial charge in [-0.2, -0.15) is 0 Å². The van der Waals surface area contributed by atoms with Crippen LogP contribution in [0.4, 0.5) is 11.4 Å². The first-order valence-electron chi connectivity index (χ1n) is 4.01. The molecule has 0 amide bonds. The van der Waals surface area contributed by atoms with Gasteiger partial charge < -0.3 is 5.73 Å². The average molecular weight is 208 g/mol. The van der Waals surface area contributed by atoms with Crippen molar-refractivity contribution in [3.8, 4) is 0 Å². The Morgan fingerprint density at radius 2 is 2.21 bits per heavy atom. The van der Waals surface area contributed by atoms with E-state index in [2.05, 4.69) is 0 Å². The van der Waals surface area contributed by atoms with Crippen molar-refractivity contribution in [2.24, 2.45) is 0 Å². The van der Waals surface area contributed by atoms with Crippen LogP contribution in [-0.4, -0.2) is 4.92 Å². The van der Waals surface area contributed by atoms with Gasteiger partial charge in [0.05, 0.1) is 15.3 Å². The maximum atomic E-state index is 10.6. The van der Waals surface area contributed by atoms with Gasteiger partial charge in [-0.05, 0) is 17.9 Å². The molecule has 0 aliphatic carbocycles. The molecule has 2 N–H and O–H groups in total. The summed E-state index contributed by atoms with van der Waals surface area (Å²) in [6, 6.07) is 2.97. The second-order valence-corrected chi connectivity index (χ2v) is 3.97. The number of fused-ring (bicyclic) bond motifs is 1. The molecule has 0 spiro atoms. The molecule has 0 saturated carbocycles. The number of nitrogens with two attached hydrogens (primary N) is 1. The van der Waals surface area contributed by atoms with E-state index in [1.807, 2.05) is 12.3 Å². The highest BCUT2D eigenvalue weighted by molar-refractivity contribution is 7.18. The minimum atomic E-state index is -0.424. The van der Waals surface area contributed by atoms with Gasteiger partial charge in [0.2, 0.25) is 0 Å². The lowest BCUT2D eigenvalue weighted by Gasteiger charge is -1.97. The van der Waals surface area contributed by atoms with Gasteiger partial charge in [0, 0.05) is 17.5 Å². The molecule has 0 bridgehead atoms. The van der Waals surface area contributed by atoms with Gasteiger partial charge in [0.1, 0.15) is 0 Å². The van der Waals surface area contributed by atoms with Gasteiger partial charge in [0.25, 0.3) is 5.69 Å². The Bertz CT molecular complexity index is 519. The normalized spacial score (nSPS) is 10.6. The molecule has 0 unspecified atom stereocenters. The zero-order chi connectivity index (χ0) is 10.3. The highest BCUT2D eigenvalue weighted by Gasteiger charge is 2.12. The third-order valence-electron chi connectivity index (χ3n) is 2.09. The summed E-state index contributed by atoms with van der Waals surface area (Å²) in [5.74, 6) is 0. The summed E-state index contributed by atoms with van der Waals surface area (Å²) in [4.78, 5) is 10.2. The molecule has 0 fully saturated rings. The molecule has 14 heavy (non-hydrogen) atoms. The zero-order valence-electron chi connectivity index (χ0n) is 7.48. The van der Waals surface area contributed by atoms with E-state index in [4.69, 9.17) is 5.73 Å². The zero-order valence-corrected chi connectivity index (χ0v) is 8.30. The van der Waals surface area contributed by atoms with Gasteiger partial charge in [0.15, 0.2) is 0 Å². The Balaban J connectivity index is 2.82. The number of rotatable bonds is 1. The molecule has 2 aromatic rings. The fourth-order valence-corrected chi connectivity index (χ4v) is 2.34. The van der Waals surface area contributed by atoms with Crippen molar-refractivity contribution < 1.29 is 4.92 Å². The molecule has 5 heteroatoms. The molecule has 0 radical (unpaired) electrons. The summed E-state index contributed by atoms with van der Waals surface area (Å²) in [6.45, 7) is 1.92. The number of hydrogen-bond acceptors (Lipinski definition) is 4. The summed E-state index contributed by atoms with van der Waals surface area (Å²) < 4.78 is 0.924. The van der Waals surface area contributed by atoms with E-state index in [-0.39, 0.29) is 5.69 Å². The quantitative estimate of drug-likeness (QED) is 0.445. The van der Waals surface area contributed by atoms with Gasteiger partial charge in [-0.15, -0.1) is 11.3 Å². The lowest BCUT2D eigenvalue weighted by Crippen LogP contribution is -1.91. The molecule has 0 aliphatic rings. The Morgan fingerprint density at radius 1 is 1.50 bits per heavy atom. The van der Waals surface area contributed by atoms with Crippen LogP contribution in [0.25, 0.3) is 10.1 Å². The maximum Gasteiger partial charge on any atom is 0.272 e. The van der Waals surface area contributed by atoms with Crippen LogP contribution in [0, 0.1) is 17.0 Å². The number of nitrogens with zero attached hydrogens (tertiary/aromatic N) is 1. The highest BCUT2D eigenvalue weighted by Crippen LogP contribution is 2.33. The van der Waals surface area contributed by atoms with E-state index in [1.165, 1.54) is 17.4 Å². The van der Waals surface area contributed by atoms with Gasteiger partial charge in [-0.1, -0.05) is 0 Å². The van der Waals surface area contributed by atoms with Crippen molar-refractivity contribution in [2.45, 2.75) is 6.92 Å². The Labute approximate surface area is 84.1 Å². The number of anilines is 1. The fraction of sp³-hybridized carbons (Fsp3) is 0.111. The standard InChI is InChI=1S/C9H8N2O2S/c1-5-4-14-9-7(5)2-6(11(12)13)3-8(9)10/h2-4H,10H2,1H3. The lowest BCUT2D eigenvalue weighted by atomic mass is 10.1. The van der Waals surface area contributed by atoms with Gasteiger partial charge >= 0.3 is 0 Å². The molecule has 0 atom stereocenters. The van der Waals surface area contributed by atoms with Crippen molar-refractivity contribution >= 4 is 32.8 Å². The van der Waals surface area contributed by atoms with Crippen LogP contribution < -0.4 is 5.73 Å². The predicted molar refractivity (Wildman–Crippen MR) is 57.6 cm³/mol. The van der Waals surface area contributed by atoms with E-state index in [1.54, 1.807) is 6.07 Å². The number of non-ortho nitro benzene ring substituents is 1. The molecule has 0 saturated heterocycles. The highest BCUT2D eigenvalue weighted by atomic mass is 32.1. The molecule has 1 aromatic carbocycles. The summed E-state index contributed by atoms with van der Waals surface area (Å²) >= 11 is 1.51. The van der Waals surface area contributed by atoms with Gasteiger partial charge in [-0.3, -0.25) is 10.1 Å². The summed E-state index contributed by atoms with van der Waals surface area (Å²) in [5, 5.41) is 13.4. The molecule has 72 valence electrons. The molecular weight excluding hydrogens is 200 g/mol. The molecule has 0 aliphatic heterocycles. The number of thiophene rings is 1. The third kappa shape index (κ3) is 1.22. The van der Waals surface area contributed by atoms with Crippen LogP contribution >= 0.6 is 11.3 Å². The number of nitrogen functional groups attached to an aromatic ring is 1. The summed E-state index contributed by atoms with van der Waals surface area (Å²) in [6.07, 6.45) is 0. The van der Waals surface area contributed by atoms with E-state index in [9.17, 15) is 10.1 Å².